The van der Waals surface area contributed by atoms with Gasteiger partial charge in [0.1, 0.15) is 23.4 Å². The summed E-state index contributed by atoms with van der Waals surface area (Å²) in [5, 5.41) is 5.87. The van der Waals surface area contributed by atoms with E-state index in [2.05, 4.69) is 25.6 Å². The molecule has 2 aromatic heterocycles. The van der Waals surface area contributed by atoms with Crippen LogP contribution in [0.25, 0.3) is 11.1 Å². The zero-order chi connectivity index (χ0) is 33.1. The molecule has 4 N–H and O–H groups in total. The van der Waals surface area contributed by atoms with Crippen LogP contribution in [0, 0.1) is 5.82 Å². The van der Waals surface area contributed by atoms with Gasteiger partial charge >= 0.3 is 46.7 Å². The first-order valence-corrected chi connectivity index (χ1v) is 14.0. The molecule has 1 fully saturated rings. The molecule has 248 valence electrons. The molecular formula is C30H34BClFN7O7. The standard InChI is InChI=1S/C23H23FN4O4.C4H6N2O.C3H4BNO2.ClH/c1-15(29)27-12-20-13-28(23(30)32-20)18-6-7-21(22(24)8-18)17-4-2-16(3-5-17)9-25-10-19-11-26-14-31-19;5-1-4-2-6-3-7-4;6-2-1-5-3-4-7;/h2-8,11,14,20,25H,9-10,12-13H2,1H3,(H,27,29);2-3H,1,5H2;2-3H,1H2;1H. The van der Waals surface area contributed by atoms with E-state index in [1.165, 1.54) is 30.7 Å². The van der Waals surface area contributed by atoms with Crippen LogP contribution in [0.5, 0.6) is 0 Å². The van der Waals surface area contributed by atoms with Gasteiger partial charge < -0.3 is 29.9 Å². The number of hydrogen-bond donors (Lipinski definition) is 3. The number of carbonyl (C=O) groups excluding carboxylic acids is 3. The number of benzene rings is 2. The molecule has 14 nitrogen and oxygen atoms in total. The summed E-state index contributed by atoms with van der Waals surface area (Å²) in [5.74, 6) is 0.843. The number of carbonyl (C=O) groups is 3. The van der Waals surface area contributed by atoms with Crippen LogP contribution < -0.4 is 21.3 Å². The first-order valence-electron chi connectivity index (χ1n) is 14.0. The third-order valence-electron chi connectivity index (χ3n) is 6.12. The van der Waals surface area contributed by atoms with Crippen molar-refractivity contribution in [2.75, 3.05) is 24.5 Å². The number of aromatic nitrogens is 2. The number of anilines is 1. The number of halogens is 2. The SMILES string of the molecule is CC(=O)NCC1CN(c2ccc(-c3ccc(CNCc4cnco4)cc3)c(F)c2)C(=O)O1.Cl.NCc1cnco1.O=BC=NCC=O. The number of hydrogen-bond acceptors (Lipinski definition) is 12. The Hall–Kier alpha value is -5.06. The van der Waals surface area contributed by atoms with Crippen LogP contribution in [-0.2, 0) is 38.7 Å². The Balaban J connectivity index is 0.000000425. The minimum atomic E-state index is -0.560. The third kappa shape index (κ3) is 13.1. The van der Waals surface area contributed by atoms with Crippen LogP contribution in [0.2, 0.25) is 0 Å². The number of nitrogens with one attached hydrogen (secondary N) is 2. The number of nitrogens with zero attached hydrogens (tertiary/aromatic N) is 4. The van der Waals surface area contributed by atoms with Crippen LogP contribution in [-0.4, -0.2) is 67.3 Å². The quantitative estimate of drug-likeness (QED) is 0.114. The molecule has 3 heterocycles. The molecule has 1 aliphatic rings. The van der Waals surface area contributed by atoms with Gasteiger partial charge in [0.2, 0.25) is 5.91 Å². The molecule has 1 unspecified atom stereocenters. The van der Waals surface area contributed by atoms with E-state index in [4.69, 9.17) is 19.3 Å². The van der Waals surface area contributed by atoms with Gasteiger partial charge in [-0.1, -0.05) is 24.3 Å². The monoisotopic (exact) mass is 669 g/mol. The van der Waals surface area contributed by atoms with Crippen molar-refractivity contribution in [3.63, 3.8) is 0 Å². The van der Waals surface area contributed by atoms with Crippen molar-refractivity contribution in [2.24, 2.45) is 10.7 Å². The molecule has 1 saturated heterocycles. The first kappa shape index (κ1) is 38.1. The molecule has 5 rings (SSSR count). The van der Waals surface area contributed by atoms with E-state index in [0.29, 0.717) is 44.3 Å². The van der Waals surface area contributed by atoms with Gasteiger partial charge in [-0.05, 0) is 29.3 Å². The van der Waals surface area contributed by atoms with E-state index >= 15 is 0 Å². The normalized spacial score (nSPS) is 13.3. The summed E-state index contributed by atoms with van der Waals surface area (Å²) in [5.41, 5.74) is 7.80. The van der Waals surface area contributed by atoms with Crippen LogP contribution in [0.1, 0.15) is 24.0 Å². The van der Waals surface area contributed by atoms with E-state index < -0.39 is 18.0 Å². The fraction of sp³-hybridized carbons (Fsp3) is 0.267. The fourth-order valence-corrected chi connectivity index (χ4v) is 3.95. The molecule has 4 aromatic rings. The predicted molar refractivity (Wildman–Crippen MR) is 173 cm³/mol. The molecule has 0 aliphatic carbocycles. The van der Waals surface area contributed by atoms with Crippen molar-refractivity contribution < 1.29 is 37.0 Å². The summed E-state index contributed by atoms with van der Waals surface area (Å²) in [6, 6.07) is 12.2. The molecule has 0 radical (unpaired) electrons. The van der Waals surface area contributed by atoms with Crippen molar-refractivity contribution in [3.05, 3.63) is 90.5 Å². The molecular weight excluding hydrogens is 636 g/mol. The van der Waals surface area contributed by atoms with Gasteiger partial charge in [0, 0.05) is 19.0 Å². The second-order valence-electron chi connectivity index (χ2n) is 9.47. The van der Waals surface area contributed by atoms with Crippen molar-refractivity contribution >= 4 is 49.6 Å². The molecule has 1 aliphatic heterocycles. The second kappa shape index (κ2) is 20.9. The van der Waals surface area contributed by atoms with E-state index in [0.717, 1.165) is 28.8 Å². The van der Waals surface area contributed by atoms with Crippen molar-refractivity contribution in [1.29, 1.82) is 0 Å². The zero-order valence-electron chi connectivity index (χ0n) is 25.4. The van der Waals surface area contributed by atoms with Gasteiger partial charge in [0.05, 0.1) is 44.3 Å². The molecule has 17 heteroatoms. The van der Waals surface area contributed by atoms with Gasteiger partial charge in [-0.3, -0.25) is 9.69 Å². The molecule has 2 amide bonds. The van der Waals surface area contributed by atoms with Crippen LogP contribution in [0.15, 0.2) is 81.5 Å². The van der Waals surface area contributed by atoms with Crippen molar-refractivity contribution in [1.82, 2.24) is 20.6 Å². The molecule has 0 spiro atoms. The first-order chi connectivity index (χ1) is 22.3. The fourth-order valence-electron chi connectivity index (χ4n) is 3.95. The Morgan fingerprint density at radius 1 is 1.13 bits per heavy atom. The molecule has 1 atom stereocenters. The number of amides is 2. The zero-order valence-corrected chi connectivity index (χ0v) is 26.2. The number of nitrogens with two attached hydrogens (primary N) is 1. The summed E-state index contributed by atoms with van der Waals surface area (Å²) in [6.07, 6.45) is 6.65. The Kier molecular flexibility index (Phi) is 16.9. The van der Waals surface area contributed by atoms with Crippen LogP contribution >= 0.6 is 12.4 Å². The van der Waals surface area contributed by atoms with Gasteiger partial charge in [0.15, 0.2) is 12.8 Å². The van der Waals surface area contributed by atoms with Crippen LogP contribution in [0.3, 0.4) is 0 Å². The topological polar surface area (TPSA) is 195 Å². The van der Waals surface area contributed by atoms with E-state index in [1.54, 1.807) is 24.5 Å². The molecule has 2 aromatic carbocycles. The van der Waals surface area contributed by atoms with Gasteiger partial charge in [-0.15, -0.1) is 12.4 Å². The summed E-state index contributed by atoms with van der Waals surface area (Å²) in [7, 11) is 0.531. The molecule has 0 bridgehead atoms. The molecule has 47 heavy (non-hydrogen) atoms. The number of aldehydes is 1. The third-order valence-corrected chi connectivity index (χ3v) is 6.12. The van der Waals surface area contributed by atoms with Gasteiger partial charge in [-0.2, -0.15) is 0 Å². The van der Waals surface area contributed by atoms with E-state index in [1.807, 2.05) is 24.3 Å². The van der Waals surface area contributed by atoms with Gasteiger partial charge in [0.25, 0.3) is 0 Å². The molecule has 0 saturated carbocycles. The summed E-state index contributed by atoms with van der Waals surface area (Å²) >= 11 is 0. The van der Waals surface area contributed by atoms with Crippen molar-refractivity contribution in [3.8, 4) is 11.1 Å². The van der Waals surface area contributed by atoms with E-state index in [-0.39, 0.29) is 37.9 Å². The summed E-state index contributed by atoms with van der Waals surface area (Å²) in [4.78, 5) is 44.9. The number of oxazole rings is 2. The Morgan fingerprint density at radius 3 is 2.38 bits per heavy atom. The minimum absolute atomic E-state index is 0. The predicted octanol–water partition coefficient (Wildman–Crippen LogP) is 3.05. The Bertz CT molecular complexity index is 1560. The summed E-state index contributed by atoms with van der Waals surface area (Å²) < 4.78 is 39.4. The van der Waals surface area contributed by atoms with E-state index in [9.17, 15) is 23.5 Å². The number of cyclic esters (lactones) is 1. The number of aliphatic imine (C=N–C) groups is 1. The maximum atomic E-state index is 14.9. The Morgan fingerprint density at radius 2 is 1.83 bits per heavy atom. The summed E-state index contributed by atoms with van der Waals surface area (Å²) in [6.45, 7) is 3.58. The Labute approximate surface area is 276 Å². The maximum absolute atomic E-state index is 14.9. The van der Waals surface area contributed by atoms with Crippen LogP contribution in [0.4, 0.5) is 14.9 Å². The average Bonchev–Trinajstić information content (AvgIpc) is 3.85. The number of rotatable bonds is 12. The van der Waals surface area contributed by atoms with Gasteiger partial charge in [-0.25, -0.2) is 19.2 Å². The number of ether oxygens (including phenoxy) is 1. The second-order valence-corrected chi connectivity index (χ2v) is 9.47. The average molecular weight is 670 g/mol. The van der Waals surface area contributed by atoms with Crippen molar-refractivity contribution in [2.45, 2.75) is 32.7 Å².